The van der Waals surface area contributed by atoms with Gasteiger partial charge in [0.05, 0.1) is 0 Å². The molecule has 0 radical (unpaired) electrons. The number of unbranched alkanes of at least 4 members (excludes halogenated alkanes) is 1. The highest BCUT2D eigenvalue weighted by molar-refractivity contribution is 14.0. The third-order valence-electron chi connectivity index (χ3n) is 3.24. The van der Waals surface area contributed by atoms with Crippen LogP contribution in [0.5, 0.6) is 0 Å². The Morgan fingerprint density at radius 2 is 2.14 bits per heavy atom. The molecule has 0 saturated heterocycles. The standard InChI is InChI=1S/C16H29N3OS.HI/c1-4-5-12-20-13-7-10-18-16(17-2)19(3)11-9-15-8-6-14-21-15;/h6,8,14H,4-5,7,9-13H2,1-3H3,(H,17,18);1H. The molecule has 1 heterocycles. The second-order valence-electron chi connectivity index (χ2n) is 5.04. The van der Waals surface area contributed by atoms with Crippen molar-refractivity contribution in [3.8, 4) is 0 Å². The Hall–Kier alpha value is -0.340. The van der Waals surface area contributed by atoms with Crippen LogP contribution < -0.4 is 5.32 Å². The summed E-state index contributed by atoms with van der Waals surface area (Å²) in [5, 5.41) is 5.52. The molecule has 128 valence electrons. The Kier molecular flexibility index (Phi) is 14.0. The summed E-state index contributed by atoms with van der Waals surface area (Å²) < 4.78 is 5.55. The van der Waals surface area contributed by atoms with Crippen molar-refractivity contribution in [3.63, 3.8) is 0 Å². The summed E-state index contributed by atoms with van der Waals surface area (Å²) >= 11 is 1.81. The molecule has 22 heavy (non-hydrogen) atoms. The number of rotatable bonds is 10. The predicted molar refractivity (Wildman–Crippen MR) is 108 cm³/mol. The molecule has 1 N–H and O–H groups in total. The summed E-state index contributed by atoms with van der Waals surface area (Å²) in [5.41, 5.74) is 0. The van der Waals surface area contributed by atoms with Gasteiger partial charge in [-0.25, -0.2) is 0 Å². The van der Waals surface area contributed by atoms with Crippen molar-refractivity contribution >= 4 is 41.3 Å². The van der Waals surface area contributed by atoms with E-state index in [1.165, 1.54) is 11.3 Å². The third kappa shape index (κ3) is 9.63. The summed E-state index contributed by atoms with van der Waals surface area (Å²) in [4.78, 5) is 7.93. The van der Waals surface area contributed by atoms with Gasteiger partial charge >= 0.3 is 0 Å². The normalized spacial score (nSPS) is 11.1. The highest BCUT2D eigenvalue weighted by Gasteiger charge is 2.05. The fourth-order valence-electron chi connectivity index (χ4n) is 1.95. The Balaban J connectivity index is 0.00000441. The number of ether oxygens (including phenoxy) is 1. The minimum atomic E-state index is 0. The lowest BCUT2D eigenvalue weighted by molar-refractivity contribution is 0.129. The van der Waals surface area contributed by atoms with Gasteiger partial charge in [0.25, 0.3) is 0 Å². The quantitative estimate of drug-likeness (QED) is 0.262. The molecule has 0 bridgehead atoms. The van der Waals surface area contributed by atoms with Crippen LogP contribution in [0.15, 0.2) is 22.5 Å². The zero-order valence-electron chi connectivity index (χ0n) is 14.0. The molecule has 0 saturated carbocycles. The summed E-state index contributed by atoms with van der Waals surface area (Å²) in [5.74, 6) is 0.958. The zero-order valence-corrected chi connectivity index (χ0v) is 17.2. The number of hydrogen-bond acceptors (Lipinski definition) is 3. The van der Waals surface area contributed by atoms with Crippen LogP contribution in [0, 0.1) is 0 Å². The molecule has 0 aliphatic heterocycles. The first kappa shape index (κ1) is 21.7. The highest BCUT2D eigenvalue weighted by Crippen LogP contribution is 2.09. The molecule has 0 amide bonds. The van der Waals surface area contributed by atoms with E-state index in [9.17, 15) is 0 Å². The highest BCUT2D eigenvalue weighted by atomic mass is 127. The average Bonchev–Trinajstić information content (AvgIpc) is 3.01. The second-order valence-corrected chi connectivity index (χ2v) is 6.08. The molecule has 0 atom stereocenters. The average molecular weight is 439 g/mol. The van der Waals surface area contributed by atoms with Gasteiger partial charge in [0, 0.05) is 45.3 Å². The van der Waals surface area contributed by atoms with E-state index < -0.39 is 0 Å². The van der Waals surface area contributed by atoms with Gasteiger partial charge in [0.1, 0.15) is 0 Å². The molecular formula is C16H30IN3OS. The maximum atomic E-state index is 5.55. The molecule has 0 aliphatic carbocycles. The van der Waals surface area contributed by atoms with Gasteiger partial charge in [-0.05, 0) is 30.7 Å². The van der Waals surface area contributed by atoms with Crippen LogP contribution in [0.2, 0.25) is 0 Å². The van der Waals surface area contributed by atoms with Gasteiger partial charge in [-0.3, -0.25) is 4.99 Å². The van der Waals surface area contributed by atoms with Crippen molar-refractivity contribution in [1.82, 2.24) is 10.2 Å². The number of likely N-dealkylation sites (N-methyl/N-ethyl adjacent to an activating group) is 1. The molecule has 4 nitrogen and oxygen atoms in total. The molecule has 1 rings (SSSR count). The van der Waals surface area contributed by atoms with Crippen LogP contribution in [0.1, 0.15) is 31.1 Å². The first-order valence-electron chi connectivity index (χ1n) is 7.79. The van der Waals surface area contributed by atoms with Gasteiger partial charge in [-0.1, -0.05) is 19.4 Å². The number of hydrogen-bond donors (Lipinski definition) is 1. The summed E-state index contributed by atoms with van der Waals surface area (Å²) in [6.45, 7) is 5.77. The van der Waals surface area contributed by atoms with E-state index in [0.717, 1.165) is 51.5 Å². The molecule has 0 unspecified atom stereocenters. The van der Waals surface area contributed by atoms with E-state index in [1.54, 1.807) is 0 Å². The summed E-state index contributed by atoms with van der Waals surface area (Å²) in [7, 11) is 3.92. The van der Waals surface area contributed by atoms with Crippen LogP contribution in [-0.4, -0.2) is 51.3 Å². The van der Waals surface area contributed by atoms with E-state index in [-0.39, 0.29) is 24.0 Å². The van der Waals surface area contributed by atoms with Crippen LogP contribution in [0.25, 0.3) is 0 Å². The fourth-order valence-corrected chi connectivity index (χ4v) is 2.64. The van der Waals surface area contributed by atoms with Crippen LogP contribution >= 0.6 is 35.3 Å². The Bertz CT molecular complexity index is 385. The molecule has 0 aromatic carbocycles. The first-order chi connectivity index (χ1) is 10.3. The van der Waals surface area contributed by atoms with E-state index in [0.29, 0.717) is 0 Å². The van der Waals surface area contributed by atoms with Crippen LogP contribution in [0.4, 0.5) is 0 Å². The lowest BCUT2D eigenvalue weighted by atomic mass is 10.3. The largest absolute Gasteiger partial charge is 0.381 e. The number of aliphatic imine (C=N–C) groups is 1. The fraction of sp³-hybridized carbons (Fsp3) is 0.688. The minimum absolute atomic E-state index is 0. The number of halogens is 1. The SMILES string of the molecule is CCCCOCCCNC(=NC)N(C)CCc1cccs1.I. The second kappa shape index (κ2) is 14.3. The van der Waals surface area contributed by atoms with Crippen molar-refractivity contribution in [1.29, 1.82) is 0 Å². The molecular weight excluding hydrogens is 409 g/mol. The molecule has 6 heteroatoms. The maximum Gasteiger partial charge on any atom is 0.193 e. The molecule has 0 aliphatic rings. The molecule has 0 spiro atoms. The lowest BCUT2D eigenvalue weighted by Gasteiger charge is -2.21. The predicted octanol–water partition coefficient (Wildman–Crippen LogP) is 3.62. The van der Waals surface area contributed by atoms with Crippen LogP contribution in [0.3, 0.4) is 0 Å². The van der Waals surface area contributed by atoms with Gasteiger partial charge < -0.3 is 15.0 Å². The van der Waals surface area contributed by atoms with E-state index >= 15 is 0 Å². The number of nitrogens with zero attached hydrogens (tertiary/aromatic N) is 2. The van der Waals surface area contributed by atoms with Crippen molar-refractivity contribution in [2.45, 2.75) is 32.6 Å². The Morgan fingerprint density at radius 1 is 1.36 bits per heavy atom. The molecule has 0 fully saturated rings. The number of thiophene rings is 1. The topological polar surface area (TPSA) is 36.9 Å². The summed E-state index contributed by atoms with van der Waals surface area (Å²) in [6.07, 6.45) is 4.43. The van der Waals surface area contributed by atoms with Crippen molar-refractivity contribution < 1.29 is 4.74 Å². The lowest BCUT2D eigenvalue weighted by Crippen LogP contribution is -2.40. The van der Waals surface area contributed by atoms with E-state index in [4.69, 9.17) is 4.74 Å². The minimum Gasteiger partial charge on any atom is -0.381 e. The first-order valence-corrected chi connectivity index (χ1v) is 8.67. The maximum absolute atomic E-state index is 5.55. The number of nitrogens with one attached hydrogen (secondary N) is 1. The van der Waals surface area contributed by atoms with Gasteiger partial charge in [-0.15, -0.1) is 35.3 Å². The van der Waals surface area contributed by atoms with Crippen molar-refractivity contribution in [2.75, 3.05) is 40.4 Å². The molecule has 1 aromatic heterocycles. The Morgan fingerprint density at radius 3 is 2.77 bits per heavy atom. The van der Waals surface area contributed by atoms with Gasteiger partial charge in [0.15, 0.2) is 5.96 Å². The van der Waals surface area contributed by atoms with Crippen molar-refractivity contribution in [3.05, 3.63) is 22.4 Å². The van der Waals surface area contributed by atoms with Crippen LogP contribution in [-0.2, 0) is 11.2 Å². The van der Waals surface area contributed by atoms with Crippen molar-refractivity contribution in [2.24, 2.45) is 4.99 Å². The Labute approximate surface area is 156 Å². The monoisotopic (exact) mass is 439 g/mol. The zero-order chi connectivity index (χ0) is 15.3. The smallest absolute Gasteiger partial charge is 0.193 e. The van der Waals surface area contributed by atoms with E-state index in [2.05, 4.69) is 46.7 Å². The van der Waals surface area contributed by atoms with Gasteiger partial charge in [-0.2, -0.15) is 0 Å². The number of guanidine groups is 1. The summed E-state index contributed by atoms with van der Waals surface area (Å²) in [6, 6.07) is 4.29. The van der Waals surface area contributed by atoms with E-state index in [1.807, 2.05) is 18.4 Å². The third-order valence-corrected chi connectivity index (χ3v) is 4.17. The molecule has 1 aromatic rings. The van der Waals surface area contributed by atoms with Gasteiger partial charge in [0.2, 0.25) is 0 Å².